The van der Waals surface area contributed by atoms with Crippen LogP contribution in [-0.4, -0.2) is 52.2 Å². The molecule has 1 atom stereocenters. The molecule has 0 saturated carbocycles. The van der Waals surface area contributed by atoms with Gasteiger partial charge in [-0.05, 0) is 25.8 Å². The highest BCUT2D eigenvalue weighted by atomic mass is 32.1. The fraction of sp³-hybridized carbons (Fsp3) is 0.526. The Hall–Kier alpha value is -1.27. The van der Waals surface area contributed by atoms with Crippen LogP contribution in [0.3, 0.4) is 0 Å². The van der Waals surface area contributed by atoms with Crippen LogP contribution in [0.2, 0.25) is 0 Å². The van der Waals surface area contributed by atoms with Gasteiger partial charge in [0.25, 0.3) is 0 Å². The zero-order valence-electron chi connectivity index (χ0n) is 14.6. The second-order valence-electron chi connectivity index (χ2n) is 6.70. The summed E-state index contributed by atoms with van der Waals surface area (Å²) < 4.78 is 0. The van der Waals surface area contributed by atoms with Crippen LogP contribution in [0.1, 0.15) is 27.4 Å². The van der Waals surface area contributed by atoms with Crippen LogP contribution in [0.4, 0.5) is 0 Å². The zero-order chi connectivity index (χ0) is 16.9. The Bertz CT molecular complexity index is 640. The highest BCUT2D eigenvalue weighted by Crippen LogP contribution is 2.20. The van der Waals surface area contributed by atoms with Crippen molar-refractivity contribution in [2.45, 2.75) is 39.4 Å². The molecule has 0 amide bonds. The van der Waals surface area contributed by atoms with Crippen LogP contribution < -0.4 is 0 Å². The van der Waals surface area contributed by atoms with E-state index in [-0.39, 0.29) is 6.61 Å². The largest absolute Gasteiger partial charge is 0.396 e. The Morgan fingerprint density at radius 2 is 1.96 bits per heavy atom. The van der Waals surface area contributed by atoms with E-state index in [2.05, 4.69) is 52.9 Å². The second-order valence-corrected chi connectivity index (χ2v) is 8.02. The summed E-state index contributed by atoms with van der Waals surface area (Å²) in [7, 11) is 0. The molecule has 1 aromatic carbocycles. The number of benzene rings is 1. The topological polar surface area (TPSA) is 39.6 Å². The average Bonchev–Trinajstić information content (AvgIpc) is 2.97. The van der Waals surface area contributed by atoms with Crippen molar-refractivity contribution in [3.8, 4) is 0 Å². The summed E-state index contributed by atoms with van der Waals surface area (Å²) in [5.41, 5.74) is 2.66. The molecule has 0 aliphatic carbocycles. The maximum atomic E-state index is 9.46. The number of aliphatic hydroxyl groups excluding tert-OH is 1. The van der Waals surface area contributed by atoms with E-state index in [9.17, 15) is 5.11 Å². The molecule has 2 heterocycles. The first kappa shape index (κ1) is 17.5. The monoisotopic (exact) mass is 345 g/mol. The van der Waals surface area contributed by atoms with Crippen molar-refractivity contribution in [2.24, 2.45) is 0 Å². The molecule has 0 radical (unpaired) electrons. The zero-order valence-corrected chi connectivity index (χ0v) is 15.4. The molecule has 5 heteroatoms. The molecule has 1 aliphatic heterocycles. The van der Waals surface area contributed by atoms with Crippen molar-refractivity contribution < 1.29 is 5.11 Å². The summed E-state index contributed by atoms with van der Waals surface area (Å²) in [6, 6.07) is 9.21. The molecule has 130 valence electrons. The number of aryl methyl sites for hydroxylation is 2. The lowest BCUT2D eigenvalue weighted by atomic mass is 10.1. The van der Waals surface area contributed by atoms with E-state index in [1.54, 1.807) is 11.3 Å². The minimum atomic E-state index is 0.253. The molecule has 4 nitrogen and oxygen atoms in total. The van der Waals surface area contributed by atoms with Crippen molar-refractivity contribution in [2.75, 3.05) is 26.2 Å². The lowest BCUT2D eigenvalue weighted by Gasteiger charge is -2.41. The molecule has 0 spiro atoms. The fourth-order valence-electron chi connectivity index (χ4n) is 3.36. The van der Waals surface area contributed by atoms with Gasteiger partial charge < -0.3 is 5.11 Å². The van der Waals surface area contributed by atoms with Crippen molar-refractivity contribution in [3.05, 3.63) is 51.5 Å². The van der Waals surface area contributed by atoms with E-state index in [4.69, 9.17) is 0 Å². The van der Waals surface area contributed by atoms with Crippen molar-refractivity contribution >= 4 is 11.3 Å². The van der Waals surface area contributed by atoms with Crippen LogP contribution in [0, 0.1) is 13.8 Å². The van der Waals surface area contributed by atoms with Gasteiger partial charge in [-0.15, -0.1) is 11.3 Å². The van der Waals surface area contributed by atoms with Crippen molar-refractivity contribution in [1.29, 1.82) is 0 Å². The molecular formula is C19H27N3OS. The number of thiazole rings is 1. The van der Waals surface area contributed by atoms with Crippen molar-refractivity contribution in [3.63, 3.8) is 0 Å². The Morgan fingerprint density at radius 1 is 1.17 bits per heavy atom. The normalized spacial score (nSPS) is 19.7. The standard InChI is InChI=1S/C19H27N3OS/c1-15-3-5-17(6-4-15)12-22-9-8-21(13-18(22)7-10-23)14-19-11-20-16(2)24-19/h3-6,11,18,23H,7-10,12-14H2,1-2H3/t18-/m0/s1. The Labute approximate surface area is 148 Å². The van der Waals surface area contributed by atoms with E-state index in [1.165, 1.54) is 16.0 Å². The van der Waals surface area contributed by atoms with E-state index in [0.29, 0.717) is 6.04 Å². The van der Waals surface area contributed by atoms with Gasteiger partial charge in [0, 0.05) is 56.4 Å². The third-order valence-electron chi connectivity index (χ3n) is 4.71. The van der Waals surface area contributed by atoms with Gasteiger partial charge in [-0.1, -0.05) is 29.8 Å². The molecule has 1 aromatic heterocycles. The molecule has 1 N–H and O–H groups in total. The van der Waals surface area contributed by atoms with Gasteiger partial charge >= 0.3 is 0 Å². The smallest absolute Gasteiger partial charge is 0.0897 e. The van der Waals surface area contributed by atoms with E-state index < -0.39 is 0 Å². The maximum absolute atomic E-state index is 9.46. The molecule has 1 fully saturated rings. The Balaban J connectivity index is 1.61. The molecule has 1 aliphatic rings. The van der Waals surface area contributed by atoms with Gasteiger partial charge in [-0.2, -0.15) is 0 Å². The second kappa shape index (κ2) is 8.21. The summed E-state index contributed by atoms with van der Waals surface area (Å²) in [6.07, 6.45) is 2.84. The molecule has 1 saturated heterocycles. The summed E-state index contributed by atoms with van der Waals surface area (Å²) in [4.78, 5) is 10.7. The van der Waals surface area contributed by atoms with Gasteiger partial charge in [0.1, 0.15) is 0 Å². The number of aliphatic hydroxyl groups is 1. The lowest BCUT2D eigenvalue weighted by Crippen LogP contribution is -2.52. The summed E-state index contributed by atoms with van der Waals surface area (Å²) in [5.74, 6) is 0. The number of rotatable bonds is 6. The predicted octanol–water partition coefficient (Wildman–Crippen LogP) is 2.83. The Morgan fingerprint density at radius 3 is 2.62 bits per heavy atom. The van der Waals surface area contributed by atoms with Gasteiger partial charge in [0.05, 0.1) is 5.01 Å². The van der Waals surface area contributed by atoms with Crippen LogP contribution in [0.15, 0.2) is 30.5 Å². The number of hydrogen-bond acceptors (Lipinski definition) is 5. The first-order chi connectivity index (χ1) is 11.6. The lowest BCUT2D eigenvalue weighted by molar-refractivity contribution is 0.0504. The first-order valence-corrected chi connectivity index (χ1v) is 9.50. The van der Waals surface area contributed by atoms with Crippen molar-refractivity contribution in [1.82, 2.24) is 14.8 Å². The van der Waals surface area contributed by atoms with E-state index >= 15 is 0 Å². The minimum Gasteiger partial charge on any atom is -0.396 e. The third-order valence-corrected chi connectivity index (χ3v) is 5.60. The maximum Gasteiger partial charge on any atom is 0.0897 e. The summed E-state index contributed by atoms with van der Waals surface area (Å²) >= 11 is 1.78. The quantitative estimate of drug-likeness (QED) is 0.874. The van der Waals surface area contributed by atoms with Crippen LogP contribution in [-0.2, 0) is 13.1 Å². The van der Waals surface area contributed by atoms with Gasteiger partial charge in [-0.3, -0.25) is 9.80 Å². The van der Waals surface area contributed by atoms with E-state index in [0.717, 1.165) is 44.2 Å². The molecule has 2 aromatic rings. The average molecular weight is 346 g/mol. The van der Waals surface area contributed by atoms with E-state index in [1.807, 2.05) is 6.20 Å². The van der Waals surface area contributed by atoms with Gasteiger partial charge in [0.2, 0.25) is 0 Å². The first-order valence-electron chi connectivity index (χ1n) is 8.68. The minimum absolute atomic E-state index is 0.253. The molecule has 3 rings (SSSR count). The fourth-order valence-corrected chi connectivity index (χ4v) is 4.20. The number of nitrogens with zero attached hydrogens (tertiary/aromatic N) is 3. The van der Waals surface area contributed by atoms with Crippen LogP contribution in [0.5, 0.6) is 0 Å². The predicted molar refractivity (Wildman–Crippen MR) is 99.2 cm³/mol. The molecular weight excluding hydrogens is 318 g/mol. The molecule has 0 bridgehead atoms. The highest BCUT2D eigenvalue weighted by molar-refractivity contribution is 7.11. The third kappa shape index (κ3) is 4.63. The van der Waals surface area contributed by atoms with Gasteiger partial charge in [0.15, 0.2) is 0 Å². The Kier molecular flexibility index (Phi) is 6.00. The highest BCUT2D eigenvalue weighted by Gasteiger charge is 2.26. The van der Waals surface area contributed by atoms with Crippen LogP contribution in [0.25, 0.3) is 0 Å². The number of aromatic nitrogens is 1. The summed E-state index contributed by atoms with van der Waals surface area (Å²) in [5, 5.41) is 10.6. The SMILES string of the molecule is Cc1ccc(CN2CCN(Cc3cnc(C)s3)C[C@@H]2CCO)cc1. The summed E-state index contributed by atoms with van der Waals surface area (Å²) in [6.45, 7) is 9.53. The number of hydrogen-bond donors (Lipinski definition) is 1. The number of piperazine rings is 1. The van der Waals surface area contributed by atoms with Crippen LogP contribution >= 0.6 is 11.3 Å². The molecule has 24 heavy (non-hydrogen) atoms. The van der Waals surface area contributed by atoms with Gasteiger partial charge in [-0.25, -0.2) is 4.98 Å². The molecule has 0 unspecified atom stereocenters.